The number of halogens is 3. The molecule has 1 nitrogen and oxygen atoms in total. The van der Waals surface area contributed by atoms with E-state index in [0.29, 0.717) is 5.41 Å². The summed E-state index contributed by atoms with van der Waals surface area (Å²) >= 11 is 3.51. The molecule has 4 heteroatoms. The van der Waals surface area contributed by atoms with E-state index in [1.807, 2.05) is 0 Å². The molecule has 7 rings (SSSR count). The van der Waals surface area contributed by atoms with Crippen LogP contribution in [0.5, 0.6) is 0 Å². The molecule has 0 atom stereocenters. The topological polar surface area (TPSA) is 20.2 Å². The molecule has 0 aromatic rings. The van der Waals surface area contributed by atoms with Crippen molar-refractivity contribution in [3.63, 3.8) is 0 Å². The van der Waals surface area contributed by atoms with Crippen LogP contribution in [0.2, 0.25) is 0 Å². The van der Waals surface area contributed by atoms with E-state index < -0.39 is 15.6 Å². The van der Waals surface area contributed by atoms with Crippen LogP contribution in [-0.4, -0.2) is 15.5 Å². The van der Waals surface area contributed by atoms with Crippen molar-refractivity contribution in [2.75, 3.05) is 0 Å². The lowest BCUT2D eigenvalue weighted by atomic mass is 9.39. The van der Waals surface area contributed by atoms with E-state index in [1.165, 1.54) is 19.3 Å². The molecule has 4 bridgehead atoms. The SMILES string of the molecule is OC1CCC(C23CCC(C45CCC(Br)(CC4)C(F)=C5F)(CC2)CC3)CC1. The van der Waals surface area contributed by atoms with Gasteiger partial charge in [-0.15, -0.1) is 0 Å². The van der Waals surface area contributed by atoms with Gasteiger partial charge in [-0.2, -0.15) is 0 Å². The van der Waals surface area contributed by atoms with Gasteiger partial charge < -0.3 is 5.11 Å². The highest BCUT2D eigenvalue weighted by atomic mass is 79.9. The lowest BCUT2D eigenvalue weighted by Crippen LogP contribution is -2.58. The highest BCUT2D eigenvalue weighted by Gasteiger charge is 2.66. The van der Waals surface area contributed by atoms with Crippen molar-refractivity contribution in [1.82, 2.24) is 0 Å². The molecule has 0 amide bonds. The number of aliphatic hydroxyl groups excluding tert-OH is 1. The number of hydrogen-bond acceptors (Lipinski definition) is 1. The second-order valence-corrected chi connectivity index (χ2v) is 11.8. The van der Waals surface area contributed by atoms with E-state index >= 15 is 4.39 Å². The summed E-state index contributed by atoms with van der Waals surface area (Å²) in [5.41, 5.74) is -0.0825. The molecule has 0 aromatic carbocycles. The average Bonchev–Trinajstić information content (AvgIpc) is 2.68. The Bertz CT molecular complexity index is 602. The maximum Gasteiger partial charge on any atom is 0.149 e. The van der Waals surface area contributed by atoms with Crippen LogP contribution < -0.4 is 0 Å². The van der Waals surface area contributed by atoms with Gasteiger partial charge in [0.1, 0.15) is 11.7 Å². The number of alkyl halides is 1. The summed E-state index contributed by atoms with van der Waals surface area (Å²) in [5.74, 6) is -0.123. The van der Waals surface area contributed by atoms with E-state index in [-0.39, 0.29) is 17.3 Å². The fourth-order valence-electron chi connectivity index (χ4n) is 7.91. The molecule has 0 aliphatic heterocycles. The number of allylic oxidation sites excluding steroid dienone is 2. The van der Waals surface area contributed by atoms with Crippen molar-refractivity contribution in [2.45, 2.75) is 100 Å². The van der Waals surface area contributed by atoms with Crippen molar-refractivity contribution >= 4 is 15.9 Å². The molecule has 0 unspecified atom stereocenters. The second-order valence-electron chi connectivity index (χ2n) is 10.3. The largest absolute Gasteiger partial charge is 0.393 e. The fourth-order valence-corrected chi connectivity index (χ4v) is 8.49. The lowest BCUT2D eigenvalue weighted by molar-refractivity contribution is -0.138. The Morgan fingerprint density at radius 2 is 1.27 bits per heavy atom. The first kappa shape index (κ1) is 18.1. The van der Waals surface area contributed by atoms with Crippen molar-refractivity contribution < 1.29 is 13.9 Å². The van der Waals surface area contributed by atoms with Gasteiger partial charge in [-0.3, -0.25) is 0 Å². The zero-order chi connectivity index (χ0) is 18.2. The first-order chi connectivity index (χ1) is 12.3. The maximum absolute atomic E-state index is 15.3. The molecule has 146 valence electrons. The van der Waals surface area contributed by atoms with Gasteiger partial charge in [-0.05, 0) is 107 Å². The molecule has 5 fully saturated rings. The molecule has 1 N–H and O–H groups in total. The number of hydrogen-bond donors (Lipinski definition) is 1. The van der Waals surface area contributed by atoms with E-state index in [9.17, 15) is 9.50 Å². The van der Waals surface area contributed by atoms with Crippen LogP contribution in [0.4, 0.5) is 8.78 Å². The van der Waals surface area contributed by atoms with E-state index in [4.69, 9.17) is 0 Å². The molecule has 7 aliphatic rings. The Morgan fingerprint density at radius 1 is 0.731 bits per heavy atom. The quantitative estimate of drug-likeness (QED) is 0.482. The first-order valence-electron chi connectivity index (χ1n) is 10.8. The normalized spacial score (nSPS) is 54.0. The Hall–Kier alpha value is 0.0400. The van der Waals surface area contributed by atoms with Crippen LogP contribution in [0.25, 0.3) is 0 Å². The highest BCUT2D eigenvalue weighted by Crippen LogP contribution is 2.74. The summed E-state index contributed by atoms with van der Waals surface area (Å²) in [5, 5.41) is 9.86. The molecule has 0 spiro atoms. The standard InChI is InChI=1S/C22H31BrF2O/c23-22-13-11-21(12-14-22,17(24)18(22)25)20-8-5-19(6-9-20,7-10-20)15-1-3-16(26)4-2-15/h15-16,26H,1-14H2. The smallest absolute Gasteiger partial charge is 0.149 e. The van der Waals surface area contributed by atoms with Crippen LogP contribution in [0.1, 0.15) is 89.9 Å². The van der Waals surface area contributed by atoms with E-state index in [2.05, 4.69) is 15.9 Å². The zero-order valence-corrected chi connectivity index (χ0v) is 17.2. The molecular formula is C22H31BrF2O. The lowest BCUT2D eigenvalue weighted by Gasteiger charge is -2.66. The van der Waals surface area contributed by atoms with Crippen molar-refractivity contribution in [1.29, 1.82) is 0 Å². The summed E-state index contributed by atoms with van der Waals surface area (Å²) in [4.78, 5) is 0. The van der Waals surface area contributed by atoms with E-state index in [0.717, 1.165) is 76.5 Å². The van der Waals surface area contributed by atoms with Crippen molar-refractivity contribution in [3.8, 4) is 0 Å². The Kier molecular flexibility index (Phi) is 4.02. The van der Waals surface area contributed by atoms with Crippen LogP contribution >= 0.6 is 15.9 Å². The monoisotopic (exact) mass is 428 g/mol. The summed E-state index contributed by atoms with van der Waals surface area (Å²) in [7, 11) is 0. The molecule has 5 saturated carbocycles. The molecule has 26 heavy (non-hydrogen) atoms. The van der Waals surface area contributed by atoms with Gasteiger partial charge in [0.05, 0.1) is 10.4 Å². The minimum absolute atomic E-state index is 0.000889. The van der Waals surface area contributed by atoms with Gasteiger partial charge in [0.2, 0.25) is 0 Å². The molecule has 0 saturated heterocycles. The van der Waals surface area contributed by atoms with Crippen LogP contribution in [0.3, 0.4) is 0 Å². The summed E-state index contributed by atoms with van der Waals surface area (Å²) in [6.07, 6.45) is 14.1. The van der Waals surface area contributed by atoms with Gasteiger partial charge in [0.15, 0.2) is 0 Å². The second kappa shape index (κ2) is 5.78. The van der Waals surface area contributed by atoms with Gasteiger partial charge in [-0.25, -0.2) is 8.78 Å². The van der Waals surface area contributed by atoms with Gasteiger partial charge in [0, 0.05) is 5.41 Å². The first-order valence-corrected chi connectivity index (χ1v) is 11.6. The summed E-state index contributed by atoms with van der Waals surface area (Å²) in [6.45, 7) is 0. The fraction of sp³-hybridized carbons (Fsp3) is 0.909. The van der Waals surface area contributed by atoms with Crippen LogP contribution in [-0.2, 0) is 0 Å². The maximum atomic E-state index is 15.3. The minimum Gasteiger partial charge on any atom is -0.393 e. The highest BCUT2D eigenvalue weighted by molar-refractivity contribution is 9.10. The van der Waals surface area contributed by atoms with Gasteiger partial charge in [-0.1, -0.05) is 15.9 Å². The predicted molar refractivity (Wildman–Crippen MR) is 102 cm³/mol. The molecular weight excluding hydrogens is 398 g/mol. The molecule has 0 radical (unpaired) electrons. The zero-order valence-electron chi connectivity index (χ0n) is 15.6. The van der Waals surface area contributed by atoms with Gasteiger partial charge in [0.25, 0.3) is 0 Å². The van der Waals surface area contributed by atoms with Gasteiger partial charge >= 0.3 is 0 Å². The van der Waals surface area contributed by atoms with Crippen molar-refractivity contribution in [3.05, 3.63) is 11.7 Å². The summed E-state index contributed by atoms with van der Waals surface area (Å²) in [6, 6.07) is 0. The Morgan fingerprint density at radius 3 is 1.81 bits per heavy atom. The third-order valence-electron chi connectivity index (χ3n) is 9.78. The predicted octanol–water partition coefficient (Wildman–Crippen LogP) is 6.74. The summed E-state index contributed by atoms with van der Waals surface area (Å²) < 4.78 is 29.5. The Labute approximate surface area is 164 Å². The van der Waals surface area contributed by atoms with E-state index in [1.54, 1.807) is 0 Å². The average molecular weight is 429 g/mol. The molecule has 0 heterocycles. The molecule has 7 aliphatic carbocycles. The molecule has 0 aromatic heterocycles. The third-order valence-corrected chi connectivity index (χ3v) is 10.9. The number of rotatable bonds is 2. The minimum atomic E-state index is -0.703. The van der Waals surface area contributed by atoms with Crippen LogP contribution in [0.15, 0.2) is 11.7 Å². The number of fused-ring (bicyclic) bond motifs is 5. The van der Waals surface area contributed by atoms with Crippen molar-refractivity contribution in [2.24, 2.45) is 22.2 Å². The Balaban J connectivity index is 1.41. The number of aliphatic hydroxyl groups is 1. The van der Waals surface area contributed by atoms with Crippen LogP contribution in [0, 0.1) is 22.2 Å². The third kappa shape index (κ3) is 2.21.